The Morgan fingerprint density at radius 2 is 1.76 bits per heavy atom. The van der Waals surface area contributed by atoms with E-state index < -0.39 is 77.3 Å². The summed E-state index contributed by atoms with van der Waals surface area (Å²) in [5.74, 6) is -11.6. The van der Waals surface area contributed by atoms with Crippen molar-refractivity contribution in [1.29, 1.82) is 0 Å². The minimum Gasteiger partial charge on any atom is -0.479 e. The Bertz CT molecular complexity index is 1040. The Morgan fingerprint density at radius 3 is 2.32 bits per heavy atom. The molecule has 0 bridgehead atoms. The van der Waals surface area contributed by atoms with Crippen LogP contribution in [0.3, 0.4) is 0 Å². The molecule has 1 aromatic carbocycles. The molecule has 1 aromatic rings. The second-order valence-electron chi connectivity index (χ2n) is 9.82. The Balaban J connectivity index is 1.75. The molecule has 2 aliphatic rings. The zero-order valence-electron chi connectivity index (χ0n) is 21.1. The van der Waals surface area contributed by atoms with E-state index in [-0.39, 0.29) is 30.7 Å². The summed E-state index contributed by atoms with van der Waals surface area (Å²) in [5.41, 5.74) is 0. The maximum Gasteiger partial charge on any atom is 0.249 e. The van der Waals surface area contributed by atoms with Crippen LogP contribution in [0.4, 0.5) is 17.6 Å². The Labute approximate surface area is 217 Å². The molecule has 2 aliphatic heterocycles. The first kappa shape index (κ1) is 29.3. The number of carbonyl (C=O) groups excluding carboxylic acids is 4. The van der Waals surface area contributed by atoms with Crippen molar-refractivity contribution >= 4 is 23.5 Å². The van der Waals surface area contributed by atoms with Crippen LogP contribution in [0.1, 0.15) is 46.0 Å². The van der Waals surface area contributed by atoms with Gasteiger partial charge in [0, 0.05) is 25.1 Å². The van der Waals surface area contributed by atoms with Crippen LogP contribution in [-0.4, -0.2) is 61.5 Å². The zero-order valence-corrected chi connectivity index (χ0v) is 21.1. The van der Waals surface area contributed by atoms with E-state index in [2.05, 4.69) is 16.0 Å². The van der Waals surface area contributed by atoms with E-state index >= 15 is 0 Å². The lowest BCUT2D eigenvalue weighted by Gasteiger charge is -2.26. The lowest BCUT2D eigenvalue weighted by atomic mass is 9.95. The number of nitrogens with one attached hydrogen (secondary N) is 3. The van der Waals surface area contributed by atoms with Crippen LogP contribution in [-0.2, 0) is 23.9 Å². The number of halogens is 4. The molecule has 3 rings (SSSR count). The highest BCUT2D eigenvalue weighted by atomic mass is 19.2. The van der Waals surface area contributed by atoms with Gasteiger partial charge in [-0.05, 0) is 38.0 Å². The number of carbonyl (C=O) groups is 4. The van der Waals surface area contributed by atoms with E-state index in [1.807, 2.05) is 13.8 Å². The molecule has 0 aromatic heterocycles. The highest BCUT2D eigenvalue weighted by molar-refractivity contribution is 5.94. The third-order valence-corrected chi connectivity index (χ3v) is 6.38. The average Bonchev–Trinajstić information content (AvgIpc) is 3.54. The van der Waals surface area contributed by atoms with E-state index in [9.17, 15) is 36.7 Å². The summed E-state index contributed by atoms with van der Waals surface area (Å²) in [7, 11) is 0. The van der Waals surface area contributed by atoms with Gasteiger partial charge in [-0.3, -0.25) is 19.2 Å². The van der Waals surface area contributed by atoms with Crippen LogP contribution in [0, 0.1) is 35.1 Å². The maximum absolute atomic E-state index is 14.0. The zero-order chi connectivity index (χ0) is 28.0. The van der Waals surface area contributed by atoms with Gasteiger partial charge in [0.05, 0.1) is 6.04 Å². The predicted molar refractivity (Wildman–Crippen MR) is 125 cm³/mol. The van der Waals surface area contributed by atoms with E-state index in [1.165, 1.54) is 0 Å². The summed E-state index contributed by atoms with van der Waals surface area (Å²) in [6.07, 6.45) is 0.964. The van der Waals surface area contributed by atoms with Crippen LogP contribution in [0.2, 0.25) is 0 Å². The summed E-state index contributed by atoms with van der Waals surface area (Å²) in [5, 5.41) is 7.77. The van der Waals surface area contributed by atoms with Gasteiger partial charge in [-0.25, -0.2) is 8.78 Å². The molecule has 210 valence electrons. The molecule has 38 heavy (non-hydrogen) atoms. The fourth-order valence-corrected chi connectivity index (χ4v) is 4.37. The number of benzene rings is 1. The van der Waals surface area contributed by atoms with Crippen molar-refractivity contribution in [2.45, 2.75) is 64.1 Å². The first-order chi connectivity index (χ1) is 18.0. The molecule has 4 atom stereocenters. The minimum atomic E-state index is -1.82. The summed E-state index contributed by atoms with van der Waals surface area (Å²) in [6.45, 7) is 3.40. The largest absolute Gasteiger partial charge is 0.479 e. The van der Waals surface area contributed by atoms with Gasteiger partial charge in [-0.1, -0.05) is 13.8 Å². The number of Topliss-reactive ketones (excluding diaryl/α,β-unsaturated/α-hetero) is 1. The highest BCUT2D eigenvalue weighted by Gasteiger charge is 2.35. The predicted octanol–water partition coefficient (Wildman–Crippen LogP) is 1.91. The molecule has 2 unspecified atom stereocenters. The van der Waals surface area contributed by atoms with E-state index in [1.54, 1.807) is 0 Å². The summed E-state index contributed by atoms with van der Waals surface area (Å²) in [4.78, 5) is 50.9. The number of ketones is 1. The molecule has 0 saturated carbocycles. The Kier molecular flexibility index (Phi) is 10.1. The van der Waals surface area contributed by atoms with E-state index in [0.29, 0.717) is 32.4 Å². The fourth-order valence-electron chi connectivity index (χ4n) is 4.37. The van der Waals surface area contributed by atoms with Crippen LogP contribution in [0.15, 0.2) is 6.07 Å². The van der Waals surface area contributed by atoms with Crippen molar-refractivity contribution in [1.82, 2.24) is 16.0 Å². The molecular formula is C25H31F4N3O6. The maximum atomic E-state index is 14.0. The second-order valence-corrected chi connectivity index (χ2v) is 9.82. The summed E-state index contributed by atoms with van der Waals surface area (Å²) in [6, 6.07) is -2.39. The quantitative estimate of drug-likeness (QED) is 0.273. The summed E-state index contributed by atoms with van der Waals surface area (Å²) < 4.78 is 65.1. The molecule has 2 saturated heterocycles. The topological polar surface area (TPSA) is 123 Å². The van der Waals surface area contributed by atoms with Gasteiger partial charge in [0.1, 0.15) is 18.8 Å². The molecule has 2 fully saturated rings. The highest BCUT2D eigenvalue weighted by Crippen LogP contribution is 2.27. The Hall–Kier alpha value is -3.22. The SMILES string of the molecule is CC(C)CC(NC(=O)[C@H]1CCCO1)C(=O)NC(C[C@@H]1CCNC1=O)C(=O)COc1c(F)c(F)cc(F)c1F. The minimum absolute atomic E-state index is 0.000846. The molecule has 2 heterocycles. The third-order valence-electron chi connectivity index (χ3n) is 6.38. The lowest BCUT2D eigenvalue weighted by Crippen LogP contribution is -2.54. The fraction of sp³-hybridized carbons (Fsp3) is 0.600. The van der Waals surface area contributed by atoms with Gasteiger partial charge in [-0.15, -0.1) is 0 Å². The monoisotopic (exact) mass is 545 g/mol. The molecule has 3 N–H and O–H groups in total. The van der Waals surface area contributed by atoms with Crippen LogP contribution in [0.25, 0.3) is 0 Å². The number of amides is 3. The van der Waals surface area contributed by atoms with Crippen LogP contribution >= 0.6 is 0 Å². The van der Waals surface area contributed by atoms with Gasteiger partial charge in [-0.2, -0.15) is 8.78 Å². The smallest absolute Gasteiger partial charge is 0.249 e. The number of ether oxygens (including phenoxy) is 2. The number of rotatable bonds is 12. The van der Waals surface area contributed by atoms with Crippen molar-refractivity contribution in [3.63, 3.8) is 0 Å². The van der Waals surface area contributed by atoms with Gasteiger partial charge in [0.25, 0.3) is 0 Å². The molecule has 0 aliphatic carbocycles. The molecular weight excluding hydrogens is 514 g/mol. The summed E-state index contributed by atoms with van der Waals surface area (Å²) >= 11 is 0. The number of hydrogen-bond donors (Lipinski definition) is 3. The number of hydrogen-bond acceptors (Lipinski definition) is 6. The van der Waals surface area contributed by atoms with Crippen molar-refractivity contribution in [3.05, 3.63) is 29.3 Å². The third kappa shape index (κ3) is 7.42. The normalized spacial score (nSPS) is 20.7. The molecule has 3 amide bonds. The van der Waals surface area contributed by atoms with Gasteiger partial charge < -0.3 is 25.4 Å². The van der Waals surface area contributed by atoms with Crippen LogP contribution < -0.4 is 20.7 Å². The van der Waals surface area contributed by atoms with Crippen molar-refractivity contribution < 1.29 is 46.2 Å². The van der Waals surface area contributed by atoms with Crippen molar-refractivity contribution in [2.75, 3.05) is 19.8 Å². The second kappa shape index (κ2) is 13.0. The standard InChI is InChI=1S/C25H31F4N3O6/c1-12(2)8-17(32-25(36)19-4-3-7-37-19)24(35)31-16(9-13-5-6-30-23(13)34)18(33)11-38-22-20(28)14(26)10-15(27)21(22)29/h10,12-13,16-17,19H,3-9,11H2,1-2H3,(H,30,34)(H,31,35)(H,32,36)/t13-,16?,17?,19+/m0/s1. The van der Waals surface area contributed by atoms with Crippen molar-refractivity contribution in [2.24, 2.45) is 11.8 Å². The first-order valence-electron chi connectivity index (χ1n) is 12.5. The van der Waals surface area contributed by atoms with Gasteiger partial charge >= 0.3 is 0 Å². The molecule has 13 heteroatoms. The molecule has 0 radical (unpaired) electrons. The first-order valence-corrected chi connectivity index (χ1v) is 12.5. The Morgan fingerprint density at radius 1 is 1.08 bits per heavy atom. The van der Waals surface area contributed by atoms with Gasteiger partial charge in [0.2, 0.25) is 29.4 Å². The van der Waals surface area contributed by atoms with Gasteiger partial charge in [0.15, 0.2) is 23.2 Å². The molecule has 9 nitrogen and oxygen atoms in total. The molecule has 0 spiro atoms. The van der Waals surface area contributed by atoms with E-state index in [0.717, 1.165) is 0 Å². The average molecular weight is 546 g/mol. The lowest BCUT2D eigenvalue weighted by molar-refractivity contribution is -0.136. The van der Waals surface area contributed by atoms with Crippen LogP contribution in [0.5, 0.6) is 5.75 Å². The van der Waals surface area contributed by atoms with Crippen molar-refractivity contribution in [3.8, 4) is 5.75 Å². The van der Waals surface area contributed by atoms with E-state index in [4.69, 9.17) is 9.47 Å².